The fourth-order valence-corrected chi connectivity index (χ4v) is 2.22. The fourth-order valence-electron chi connectivity index (χ4n) is 2.22. The molecule has 2 nitrogen and oxygen atoms in total. The Morgan fingerprint density at radius 1 is 1.00 bits per heavy atom. The van der Waals surface area contributed by atoms with Crippen molar-refractivity contribution in [2.75, 3.05) is 18.5 Å². The molecule has 0 amide bonds. The molecule has 0 aliphatic carbocycles. The van der Waals surface area contributed by atoms with Crippen molar-refractivity contribution in [3.05, 3.63) is 65.5 Å². The SMILES string of the molecule is CN(Cc1ccccc1F)c1ccccc1CCN. The average molecular weight is 258 g/mol. The van der Waals surface area contributed by atoms with Gasteiger partial charge in [-0.3, -0.25) is 0 Å². The molecule has 0 radical (unpaired) electrons. The summed E-state index contributed by atoms with van der Waals surface area (Å²) in [5.74, 6) is -0.161. The van der Waals surface area contributed by atoms with Gasteiger partial charge in [0.05, 0.1) is 0 Å². The lowest BCUT2D eigenvalue weighted by atomic mass is 10.1. The molecule has 2 N–H and O–H groups in total. The van der Waals surface area contributed by atoms with Crippen LogP contribution >= 0.6 is 0 Å². The number of hydrogen-bond acceptors (Lipinski definition) is 2. The zero-order chi connectivity index (χ0) is 13.7. The number of nitrogens with zero attached hydrogens (tertiary/aromatic N) is 1. The van der Waals surface area contributed by atoms with Crippen LogP contribution in [-0.2, 0) is 13.0 Å². The molecule has 0 aliphatic heterocycles. The van der Waals surface area contributed by atoms with Gasteiger partial charge in [0, 0.05) is 24.8 Å². The van der Waals surface area contributed by atoms with Gasteiger partial charge in [-0.2, -0.15) is 0 Å². The maximum absolute atomic E-state index is 13.7. The van der Waals surface area contributed by atoms with Gasteiger partial charge in [0.15, 0.2) is 0 Å². The highest BCUT2D eigenvalue weighted by atomic mass is 19.1. The Bertz CT molecular complexity index is 540. The zero-order valence-corrected chi connectivity index (χ0v) is 11.1. The molecule has 2 aromatic carbocycles. The largest absolute Gasteiger partial charge is 0.370 e. The first kappa shape index (κ1) is 13.6. The third-order valence-corrected chi connectivity index (χ3v) is 3.18. The summed E-state index contributed by atoms with van der Waals surface area (Å²) >= 11 is 0. The summed E-state index contributed by atoms with van der Waals surface area (Å²) < 4.78 is 13.7. The highest BCUT2D eigenvalue weighted by Crippen LogP contribution is 2.22. The molecule has 0 unspecified atom stereocenters. The van der Waals surface area contributed by atoms with Crippen molar-refractivity contribution in [1.29, 1.82) is 0 Å². The van der Waals surface area contributed by atoms with Crippen molar-refractivity contribution >= 4 is 5.69 Å². The van der Waals surface area contributed by atoms with Crippen LogP contribution < -0.4 is 10.6 Å². The van der Waals surface area contributed by atoms with E-state index in [0.717, 1.165) is 12.1 Å². The van der Waals surface area contributed by atoms with E-state index >= 15 is 0 Å². The number of nitrogens with two attached hydrogens (primary N) is 1. The molecule has 0 aliphatic rings. The first-order chi connectivity index (χ1) is 9.22. The molecule has 0 aromatic heterocycles. The number of hydrogen-bond donors (Lipinski definition) is 1. The third kappa shape index (κ3) is 3.32. The van der Waals surface area contributed by atoms with Gasteiger partial charge < -0.3 is 10.6 Å². The lowest BCUT2D eigenvalue weighted by molar-refractivity contribution is 0.608. The normalized spacial score (nSPS) is 10.5. The van der Waals surface area contributed by atoms with E-state index in [1.165, 1.54) is 11.6 Å². The van der Waals surface area contributed by atoms with E-state index < -0.39 is 0 Å². The molecular weight excluding hydrogens is 239 g/mol. The average Bonchev–Trinajstić information content (AvgIpc) is 2.42. The maximum Gasteiger partial charge on any atom is 0.128 e. The van der Waals surface area contributed by atoms with E-state index in [4.69, 9.17) is 5.73 Å². The minimum atomic E-state index is -0.161. The summed E-state index contributed by atoms with van der Waals surface area (Å²) in [5, 5.41) is 0. The summed E-state index contributed by atoms with van der Waals surface area (Å²) in [5.41, 5.74) is 8.63. The minimum Gasteiger partial charge on any atom is -0.370 e. The number of rotatable bonds is 5. The molecule has 3 heteroatoms. The van der Waals surface area contributed by atoms with E-state index in [9.17, 15) is 4.39 Å². The van der Waals surface area contributed by atoms with Crippen molar-refractivity contribution in [2.45, 2.75) is 13.0 Å². The summed E-state index contributed by atoms with van der Waals surface area (Å²) in [7, 11) is 1.97. The molecular formula is C16H19FN2. The van der Waals surface area contributed by atoms with Crippen LogP contribution in [0.4, 0.5) is 10.1 Å². The lowest BCUT2D eigenvalue weighted by Gasteiger charge is -2.22. The molecule has 0 saturated carbocycles. The van der Waals surface area contributed by atoms with Crippen molar-refractivity contribution in [1.82, 2.24) is 0 Å². The van der Waals surface area contributed by atoms with E-state index in [2.05, 4.69) is 11.0 Å². The maximum atomic E-state index is 13.7. The second kappa shape index (κ2) is 6.34. The highest BCUT2D eigenvalue weighted by molar-refractivity contribution is 5.53. The summed E-state index contributed by atoms with van der Waals surface area (Å²) in [6.07, 6.45) is 0.831. The van der Waals surface area contributed by atoms with Crippen LogP contribution in [0, 0.1) is 5.82 Å². The van der Waals surface area contributed by atoms with Gasteiger partial charge in [-0.25, -0.2) is 4.39 Å². The number of benzene rings is 2. The van der Waals surface area contributed by atoms with Crippen molar-refractivity contribution in [3.63, 3.8) is 0 Å². The van der Waals surface area contributed by atoms with Crippen molar-refractivity contribution in [3.8, 4) is 0 Å². The van der Waals surface area contributed by atoms with E-state index in [1.54, 1.807) is 6.07 Å². The smallest absolute Gasteiger partial charge is 0.128 e. The highest BCUT2D eigenvalue weighted by Gasteiger charge is 2.09. The standard InChI is InChI=1S/C16H19FN2/c1-19(12-14-7-2-4-8-15(14)17)16-9-5-3-6-13(16)10-11-18/h2-9H,10-12,18H2,1H3. The monoisotopic (exact) mass is 258 g/mol. The topological polar surface area (TPSA) is 29.3 Å². The van der Waals surface area contributed by atoms with E-state index in [-0.39, 0.29) is 5.82 Å². The molecule has 0 spiro atoms. The van der Waals surface area contributed by atoms with Crippen LogP contribution in [0.25, 0.3) is 0 Å². The number of para-hydroxylation sites is 1. The zero-order valence-electron chi connectivity index (χ0n) is 11.1. The first-order valence-corrected chi connectivity index (χ1v) is 6.45. The molecule has 2 aromatic rings. The molecule has 100 valence electrons. The minimum absolute atomic E-state index is 0.161. The third-order valence-electron chi connectivity index (χ3n) is 3.18. The Hall–Kier alpha value is -1.87. The summed E-state index contributed by atoms with van der Waals surface area (Å²) in [6, 6.07) is 15.0. The lowest BCUT2D eigenvalue weighted by Crippen LogP contribution is -2.19. The van der Waals surface area contributed by atoms with Gasteiger partial charge in [-0.15, -0.1) is 0 Å². The summed E-state index contributed by atoms with van der Waals surface area (Å²) in [4.78, 5) is 2.06. The number of halogens is 1. The fraction of sp³-hybridized carbons (Fsp3) is 0.250. The van der Waals surface area contributed by atoms with E-state index in [1.807, 2.05) is 37.4 Å². The van der Waals surface area contributed by atoms with Crippen LogP contribution in [0.5, 0.6) is 0 Å². The van der Waals surface area contributed by atoms with Crippen molar-refractivity contribution < 1.29 is 4.39 Å². The van der Waals surface area contributed by atoms with E-state index in [0.29, 0.717) is 18.7 Å². The van der Waals surface area contributed by atoms with Gasteiger partial charge in [0.1, 0.15) is 5.82 Å². The van der Waals surface area contributed by atoms with Gasteiger partial charge in [0.25, 0.3) is 0 Å². The molecule has 19 heavy (non-hydrogen) atoms. The second-order valence-corrected chi connectivity index (χ2v) is 4.61. The Morgan fingerprint density at radius 2 is 1.63 bits per heavy atom. The molecule has 0 heterocycles. The molecule has 0 fully saturated rings. The van der Waals surface area contributed by atoms with Crippen molar-refractivity contribution in [2.24, 2.45) is 5.73 Å². The first-order valence-electron chi connectivity index (χ1n) is 6.45. The van der Waals surface area contributed by atoms with Crippen LogP contribution in [0.1, 0.15) is 11.1 Å². The van der Waals surface area contributed by atoms with Gasteiger partial charge in [-0.1, -0.05) is 36.4 Å². The van der Waals surface area contributed by atoms with Crippen LogP contribution in [0.3, 0.4) is 0 Å². The van der Waals surface area contributed by atoms with Gasteiger partial charge in [-0.05, 0) is 30.7 Å². The molecule has 0 bridgehead atoms. The predicted molar refractivity (Wildman–Crippen MR) is 77.7 cm³/mol. The Kier molecular flexibility index (Phi) is 4.53. The number of anilines is 1. The Labute approximate surface area is 113 Å². The van der Waals surface area contributed by atoms with Crippen LogP contribution in [0.2, 0.25) is 0 Å². The Balaban J connectivity index is 2.20. The molecule has 0 atom stereocenters. The Morgan fingerprint density at radius 3 is 2.32 bits per heavy atom. The van der Waals surface area contributed by atoms with Crippen LogP contribution in [0.15, 0.2) is 48.5 Å². The summed E-state index contributed by atoms with van der Waals surface area (Å²) in [6.45, 7) is 1.17. The second-order valence-electron chi connectivity index (χ2n) is 4.61. The quantitative estimate of drug-likeness (QED) is 0.893. The van der Waals surface area contributed by atoms with Crippen LogP contribution in [-0.4, -0.2) is 13.6 Å². The van der Waals surface area contributed by atoms with Gasteiger partial charge in [0.2, 0.25) is 0 Å². The molecule has 0 saturated heterocycles. The van der Waals surface area contributed by atoms with Gasteiger partial charge >= 0.3 is 0 Å². The predicted octanol–water partition coefficient (Wildman–Crippen LogP) is 2.96. The molecule has 2 rings (SSSR count).